The normalized spacial score (nSPS) is 11.6. The lowest BCUT2D eigenvalue weighted by Gasteiger charge is -2.06. The minimum absolute atomic E-state index is 0.0176. The van der Waals surface area contributed by atoms with Crippen LogP contribution in [-0.2, 0) is 10.0 Å². The molecule has 0 bridgehead atoms. The lowest BCUT2D eigenvalue weighted by Crippen LogP contribution is -2.16. The SMILES string of the molecule is C[Si](C)(C)C#Cc1ccc(C(=O)c2ccc(Cl)c(S(N)(=O)=O)c2)cc1. The summed E-state index contributed by atoms with van der Waals surface area (Å²) in [5, 5.41) is 5.10. The van der Waals surface area contributed by atoms with E-state index in [1.54, 1.807) is 24.3 Å². The molecule has 0 radical (unpaired) electrons. The highest BCUT2D eigenvalue weighted by Crippen LogP contribution is 2.23. The molecule has 0 aliphatic carbocycles. The second-order valence-electron chi connectivity index (χ2n) is 6.60. The van der Waals surface area contributed by atoms with E-state index in [9.17, 15) is 13.2 Å². The van der Waals surface area contributed by atoms with Crippen LogP contribution in [0, 0.1) is 11.5 Å². The molecule has 0 saturated heterocycles. The summed E-state index contributed by atoms with van der Waals surface area (Å²) < 4.78 is 23.1. The molecule has 2 aromatic rings. The van der Waals surface area contributed by atoms with Crippen LogP contribution in [0.15, 0.2) is 47.4 Å². The van der Waals surface area contributed by atoms with Crippen LogP contribution in [0.1, 0.15) is 21.5 Å². The monoisotopic (exact) mass is 391 g/mol. The summed E-state index contributed by atoms with van der Waals surface area (Å²) in [6.45, 7) is 6.46. The predicted octanol–water partition coefficient (Wildman–Crippen LogP) is 3.45. The number of hydrogen-bond acceptors (Lipinski definition) is 3. The Morgan fingerprint density at radius 1 is 1.04 bits per heavy atom. The van der Waals surface area contributed by atoms with Gasteiger partial charge in [-0.05, 0) is 42.5 Å². The first-order valence-electron chi connectivity index (χ1n) is 7.48. The van der Waals surface area contributed by atoms with Gasteiger partial charge in [-0.1, -0.05) is 37.2 Å². The van der Waals surface area contributed by atoms with Crippen LogP contribution < -0.4 is 5.14 Å². The highest BCUT2D eigenvalue weighted by molar-refractivity contribution is 7.89. The maximum atomic E-state index is 12.6. The van der Waals surface area contributed by atoms with E-state index in [1.165, 1.54) is 18.2 Å². The third-order valence-corrected chi connectivity index (χ3v) is 5.50. The quantitative estimate of drug-likeness (QED) is 0.494. The Labute approximate surface area is 154 Å². The zero-order valence-electron chi connectivity index (χ0n) is 14.1. The molecule has 0 amide bonds. The third kappa shape index (κ3) is 5.28. The van der Waals surface area contributed by atoms with Gasteiger partial charge in [0.2, 0.25) is 10.0 Å². The molecule has 2 aromatic carbocycles. The molecule has 0 aliphatic rings. The second-order valence-corrected chi connectivity index (χ2v) is 13.3. The number of ketones is 1. The summed E-state index contributed by atoms with van der Waals surface area (Å²) in [6, 6.07) is 10.9. The molecule has 25 heavy (non-hydrogen) atoms. The first kappa shape index (κ1) is 19.4. The Balaban J connectivity index is 2.34. The number of benzene rings is 2. The zero-order valence-corrected chi connectivity index (χ0v) is 16.7. The maximum absolute atomic E-state index is 12.6. The molecule has 0 spiro atoms. The van der Waals surface area contributed by atoms with Crippen LogP contribution in [0.5, 0.6) is 0 Å². The molecule has 0 heterocycles. The van der Waals surface area contributed by atoms with Crippen LogP contribution in [0.25, 0.3) is 0 Å². The fourth-order valence-electron chi connectivity index (χ4n) is 1.99. The molecule has 2 N–H and O–H groups in total. The average molecular weight is 392 g/mol. The molecule has 0 fully saturated rings. The summed E-state index contributed by atoms with van der Waals surface area (Å²) >= 11 is 5.84. The Morgan fingerprint density at radius 2 is 1.60 bits per heavy atom. The molecule has 0 saturated carbocycles. The van der Waals surface area contributed by atoms with Crippen LogP contribution in [-0.4, -0.2) is 22.3 Å². The third-order valence-electron chi connectivity index (χ3n) is 3.23. The number of nitrogens with two attached hydrogens (primary N) is 1. The molecule has 130 valence electrons. The van der Waals surface area contributed by atoms with Gasteiger partial charge in [-0.3, -0.25) is 4.79 Å². The predicted molar refractivity (Wildman–Crippen MR) is 103 cm³/mol. The van der Waals surface area contributed by atoms with Gasteiger partial charge >= 0.3 is 0 Å². The van der Waals surface area contributed by atoms with Gasteiger partial charge in [0.25, 0.3) is 0 Å². The van der Waals surface area contributed by atoms with E-state index in [-0.39, 0.29) is 21.3 Å². The lowest BCUT2D eigenvalue weighted by atomic mass is 10.0. The smallest absolute Gasteiger partial charge is 0.239 e. The van der Waals surface area contributed by atoms with Crippen molar-refractivity contribution in [3.05, 3.63) is 64.2 Å². The first-order chi connectivity index (χ1) is 11.5. The number of carbonyl (C=O) groups is 1. The fourth-order valence-corrected chi connectivity index (χ4v) is 3.58. The highest BCUT2D eigenvalue weighted by atomic mass is 35.5. The van der Waals surface area contributed by atoms with E-state index < -0.39 is 18.1 Å². The van der Waals surface area contributed by atoms with E-state index in [2.05, 4.69) is 31.1 Å². The molecule has 4 nitrogen and oxygen atoms in total. The van der Waals surface area contributed by atoms with Gasteiger partial charge < -0.3 is 0 Å². The molecular formula is C18H18ClNO3SSi. The van der Waals surface area contributed by atoms with Crippen LogP contribution in [0.3, 0.4) is 0 Å². The van der Waals surface area contributed by atoms with Crippen molar-refractivity contribution in [3.8, 4) is 11.5 Å². The summed E-state index contributed by atoms with van der Waals surface area (Å²) in [6.07, 6.45) is 0. The van der Waals surface area contributed by atoms with Crippen LogP contribution >= 0.6 is 11.6 Å². The standard InChI is InChI=1S/C18H18ClNO3SSi/c1-25(2,3)11-10-13-4-6-14(7-5-13)18(21)15-8-9-16(19)17(12-15)24(20,22)23/h4-9,12H,1-3H3,(H2,20,22,23). The zero-order chi connectivity index (χ0) is 18.8. The van der Waals surface area contributed by atoms with Gasteiger partial charge in [-0.15, -0.1) is 5.54 Å². The minimum atomic E-state index is -4.00. The molecule has 0 unspecified atom stereocenters. The highest BCUT2D eigenvalue weighted by Gasteiger charge is 2.17. The van der Waals surface area contributed by atoms with E-state index in [1.807, 2.05) is 0 Å². The Bertz CT molecular complexity index is 982. The van der Waals surface area contributed by atoms with Crippen LogP contribution in [0.2, 0.25) is 24.7 Å². The average Bonchev–Trinajstić information content (AvgIpc) is 2.51. The van der Waals surface area contributed by atoms with Crippen molar-refractivity contribution in [2.75, 3.05) is 0 Å². The van der Waals surface area contributed by atoms with Gasteiger partial charge in [0.1, 0.15) is 13.0 Å². The summed E-state index contributed by atoms with van der Waals surface area (Å²) in [4.78, 5) is 12.3. The summed E-state index contributed by atoms with van der Waals surface area (Å²) in [7, 11) is -5.47. The van der Waals surface area contributed by atoms with E-state index >= 15 is 0 Å². The number of primary sulfonamides is 1. The number of hydrogen-bond donors (Lipinski definition) is 1. The topological polar surface area (TPSA) is 77.2 Å². The van der Waals surface area contributed by atoms with Crippen molar-refractivity contribution in [1.29, 1.82) is 0 Å². The van der Waals surface area contributed by atoms with Gasteiger partial charge in [-0.25, -0.2) is 13.6 Å². The molecular weight excluding hydrogens is 374 g/mol. The number of rotatable bonds is 3. The molecule has 0 atom stereocenters. The summed E-state index contributed by atoms with van der Waals surface area (Å²) in [5.74, 6) is 2.80. The van der Waals surface area contributed by atoms with Crippen molar-refractivity contribution in [2.45, 2.75) is 24.5 Å². The van der Waals surface area contributed by atoms with Crippen molar-refractivity contribution in [1.82, 2.24) is 0 Å². The van der Waals surface area contributed by atoms with Gasteiger partial charge in [0.05, 0.1) is 5.02 Å². The molecule has 2 rings (SSSR count). The largest absolute Gasteiger partial charge is 0.289 e. The van der Waals surface area contributed by atoms with Gasteiger partial charge in [-0.2, -0.15) is 0 Å². The number of halogens is 1. The summed E-state index contributed by atoms with van der Waals surface area (Å²) in [5.41, 5.74) is 4.73. The van der Waals surface area contributed by atoms with E-state index in [4.69, 9.17) is 16.7 Å². The van der Waals surface area contributed by atoms with Crippen molar-refractivity contribution < 1.29 is 13.2 Å². The van der Waals surface area contributed by atoms with Crippen LogP contribution in [0.4, 0.5) is 0 Å². The molecule has 7 heteroatoms. The maximum Gasteiger partial charge on any atom is 0.239 e. The van der Waals surface area contributed by atoms with Gasteiger partial charge in [0.15, 0.2) is 5.78 Å². The number of sulfonamides is 1. The fraction of sp³-hybridized carbons (Fsp3) is 0.167. The second kappa shape index (κ2) is 7.14. The molecule has 0 aliphatic heterocycles. The molecule has 0 aromatic heterocycles. The van der Waals surface area contributed by atoms with E-state index in [0.29, 0.717) is 5.56 Å². The van der Waals surface area contributed by atoms with Crippen molar-refractivity contribution in [2.24, 2.45) is 5.14 Å². The lowest BCUT2D eigenvalue weighted by molar-refractivity contribution is 0.103. The van der Waals surface area contributed by atoms with Crippen molar-refractivity contribution >= 4 is 35.5 Å². The van der Waals surface area contributed by atoms with Crippen molar-refractivity contribution in [3.63, 3.8) is 0 Å². The Hall–Kier alpha value is -1.91. The number of carbonyl (C=O) groups excluding carboxylic acids is 1. The van der Waals surface area contributed by atoms with Gasteiger partial charge in [0, 0.05) is 16.7 Å². The van der Waals surface area contributed by atoms with E-state index in [0.717, 1.165) is 5.56 Å². The minimum Gasteiger partial charge on any atom is -0.289 e. The Kier molecular flexibility index (Phi) is 5.54. The first-order valence-corrected chi connectivity index (χ1v) is 12.9. The Morgan fingerprint density at radius 3 is 2.12 bits per heavy atom.